The van der Waals surface area contributed by atoms with Gasteiger partial charge < -0.3 is 0 Å². The van der Waals surface area contributed by atoms with Crippen LogP contribution >= 0.6 is 0 Å². The maximum Gasteiger partial charge on any atom is -0.0269 e. The van der Waals surface area contributed by atoms with Gasteiger partial charge in [0.05, 0.1) is 0 Å². The molecular weight excluding hydrogens is 192 g/mol. The van der Waals surface area contributed by atoms with Crippen molar-refractivity contribution in [1.82, 2.24) is 0 Å². The molecule has 4 saturated carbocycles. The van der Waals surface area contributed by atoms with E-state index in [-0.39, 0.29) is 0 Å². The number of fused-ring (bicyclic) bond motifs is 9. The molecular formula is C16H26. The summed E-state index contributed by atoms with van der Waals surface area (Å²) >= 11 is 0. The molecule has 7 atom stereocenters. The zero-order chi connectivity index (χ0) is 11.1. The highest BCUT2D eigenvalue weighted by Gasteiger charge is 2.65. The normalized spacial score (nSPS) is 62.2. The van der Waals surface area contributed by atoms with E-state index in [0.29, 0.717) is 5.41 Å². The molecule has 4 fully saturated rings. The summed E-state index contributed by atoms with van der Waals surface area (Å²) in [6, 6.07) is 0. The molecule has 0 aromatic rings. The summed E-state index contributed by atoms with van der Waals surface area (Å²) in [5, 5.41) is 0. The van der Waals surface area contributed by atoms with E-state index in [4.69, 9.17) is 0 Å². The minimum Gasteiger partial charge on any atom is -0.0622 e. The molecule has 0 aromatic carbocycles. The maximum atomic E-state index is 2.62. The molecule has 4 rings (SSSR count). The smallest absolute Gasteiger partial charge is 0.0269 e. The summed E-state index contributed by atoms with van der Waals surface area (Å²) < 4.78 is 0. The van der Waals surface area contributed by atoms with Gasteiger partial charge in [0.2, 0.25) is 0 Å². The molecule has 7 unspecified atom stereocenters. The zero-order valence-corrected chi connectivity index (χ0v) is 11.1. The average Bonchev–Trinajstić information content (AvgIpc) is 2.92. The molecule has 4 aliphatic carbocycles. The second-order valence-electron chi connectivity index (χ2n) is 7.95. The van der Waals surface area contributed by atoms with Gasteiger partial charge in [0.25, 0.3) is 0 Å². The van der Waals surface area contributed by atoms with Crippen molar-refractivity contribution in [2.75, 3.05) is 0 Å². The van der Waals surface area contributed by atoms with Crippen molar-refractivity contribution in [1.29, 1.82) is 0 Å². The Balaban J connectivity index is 1.70. The SMILES string of the molecule is CC(C)C1(C)CC2CC1C1C3CCC(C3)C21. The third-order valence-corrected chi connectivity index (χ3v) is 7.48. The molecule has 0 radical (unpaired) electrons. The van der Waals surface area contributed by atoms with Crippen molar-refractivity contribution in [2.24, 2.45) is 46.8 Å². The van der Waals surface area contributed by atoms with Crippen LogP contribution in [0.1, 0.15) is 52.9 Å². The van der Waals surface area contributed by atoms with E-state index in [2.05, 4.69) is 20.8 Å². The monoisotopic (exact) mass is 218 g/mol. The third kappa shape index (κ3) is 0.946. The van der Waals surface area contributed by atoms with Gasteiger partial charge in [-0.25, -0.2) is 0 Å². The summed E-state index contributed by atoms with van der Waals surface area (Å²) in [5.74, 6) is 7.84. The van der Waals surface area contributed by atoms with E-state index in [0.717, 1.165) is 23.7 Å². The van der Waals surface area contributed by atoms with Gasteiger partial charge in [-0.05, 0) is 78.9 Å². The minimum absolute atomic E-state index is 0.705. The standard InChI is InChI=1S/C16H26/c1-9(2)16(3)8-12-7-13(16)15-11-5-4-10(6-11)14(12)15/h9-15H,4-8H2,1-3H3. The maximum absolute atomic E-state index is 2.62. The highest BCUT2D eigenvalue weighted by molar-refractivity contribution is 5.14. The van der Waals surface area contributed by atoms with Crippen molar-refractivity contribution in [3.8, 4) is 0 Å². The quantitative estimate of drug-likeness (QED) is 0.574. The second-order valence-corrected chi connectivity index (χ2v) is 7.95. The van der Waals surface area contributed by atoms with E-state index in [1.165, 1.54) is 17.8 Å². The van der Waals surface area contributed by atoms with Crippen molar-refractivity contribution in [2.45, 2.75) is 52.9 Å². The summed E-state index contributed by atoms with van der Waals surface area (Å²) in [6.07, 6.45) is 7.98. The van der Waals surface area contributed by atoms with Gasteiger partial charge in [-0.3, -0.25) is 0 Å². The molecule has 0 amide bonds. The first kappa shape index (κ1) is 9.97. The van der Waals surface area contributed by atoms with E-state index in [9.17, 15) is 0 Å². The van der Waals surface area contributed by atoms with Crippen LogP contribution in [0, 0.1) is 46.8 Å². The van der Waals surface area contributed by atoms with E-state index < -0.39 is 0 Å². The van der Waals surface area contributed by atoms with Crippen molar-refractivity contribution < 1.29 is 0 Å². The molecule has 4 bridgehead atoms. The van der Waals surface area contributed by atoms with Crippen LogP contribution in [0.15, 0.2) is 0 Å². The Morgan fingerprint density at radius 1 is 0.938 bits per heavy atom. The fraction of sp³-hybridized carbons (Fsp3) is 1.00. The van der Waals surface area contributed by atoms with Gasteiger partial charge in [-0.2, -0.15) is 0 Å². The van der Waals surface area contributed by atoms with E-state index in [1.807, 2.05) is 0 Å². The minimum atomic E-state index is 0.705. The third-order valence-electron chi connectivity index (χ3n) is 7.48. The lowest BCUT2D eigenvalue weighted by molar-refractivity contribution is 0.0145. The van der Waals surface area contributed by atoms with Crippen LogP contribution in [0.4, 0.5) is 0 Å². The Labute approximate surface area is 100 Å². The van der Waals surface area contributed by atoms with Crippen molar-refractivity contribution >= 4 is 0 Å². The molecule has 90 valence electrons. The van der Waals surface area contributed by atoms with E-state index >= 15 is 0 Å². The summed E-state index contributed by atoms with van der Waals surface area (Å²) in [6.45, 7) is 7.57. The largest absolute Gasteiger partial charge is 0.0622 e. The van der Waals surface area contributed by atoms with Crippen LogP contribution in [0.3, 0.4) is 0 Å². The Morgan fingerprint density at radius 2 is 1.62 bits per heavy atom. The summed E-state index contributed by atoms with van der Waals surface area (Å²) in [5.41, 5.74) is 0.705. The molecule has 0 aromatic heterocycles. The first-order chi connectivity index (χ1) is 7.61. The van der Waals surface area contributed by atoms with Crippen molar-refractivity contribution in [3.05, 3.63) is 0 Å². The average molecular weight is 218 g/mol. The molecule has 0 heterocycles. The van der Waals surface area contributed by atoms with Crippen LogP contribution in [-0.2, 0) is 0 Å². The number of hydrogen-bond acceptors (Lipinski definition) is 0. The molecule has 0 saturated heterocycles. The van der Waals surface area contributed by atoms with Gasteiger partial charge in [0.1, 0.15) is 0 Å². The Hall–Kier alpha value is 0. The molecule has 0 N–H and O–H groups in total. The lowest BCUT2D eigenvalue weighted by atomic mass is 9.58. The van der Waals surface area contributed by atoms with Crippen molar-refractivity contribution in [3.63, 3.8) is 0 Å². The van der Waals surface area contributed by atoms with Crippen LogP contribution in [0.5, 0.6) is 0 Å². The zero-order valence-electron chi connectivity index (χ0n) is 11.1. The topological polar surface area (TPSA) is 0 Å². The van der Waals surface area contributed by atoms with Gasteiger partial charge in [-0.15, -0.1) is 0 Å². The molecule has 0 spiro atoms. The van der Waals surface area contributed by atoms with Crippen LogP contribution < -0.4 is 0 Å². The first-order valence-electron chi connectivity index (χ1n) is 7.61. The summed E-state index contributed by atoms with van der Waals surface area (Å²) in [7, 11) is 0. The molecule has 0 nitrogen and oxygen atoms in total. The van der Waals surface area contributed by atoms with Crippen LogP contribution in [0.2, 0.25) is 0 Å². The second kappa shape index (κ2) is 2.87. The Kier molecular flexibility index (Phi) is 1.79. The summed E-state index contributed by atoms with van der Waals surface area (Å²) in [4.78, 5) is 0. The number of rotatable bonds is 1. The lowest BCUT2D eigenvalue weighted by Gasteiger charge is -2.47. The highest BCUT2D eigenvalue weighted by Crippen LogP contribution is 2.72. The van der Waals surface area contributed by atoms with Crippen LogP contribution in [0.25, 0.3) is 0 Å². The van der Waals surface area contributed by atoms with Gasteiger partial charge in [0, 0.05) is 0 Å². The fourth-order valence-electron chi connectivity index (χ4n) is 6.63. The lowest BCUT2D eigenvalue weighted by Crippen LogP contribution is -2.41. The van der Waals surface area contributed by atoms with Crippen LogP contribution in [-0.4, -0.2) is 0 Å². The molecule has 0 heteroatoms. The van der Waals surface area contributed by atoms with Gasteiger partial charge >= 0.3 is 0 Å². The highest BCUT2D eigenvalue weighted by atomic mass is 14.7. The van der Waals surface area contributed by atoms with Gasteiger partial charge in [0.15, 0.2) is 0 Å². The molecule has 16 heavy (non-hydrogen) atoms. The first-order valence-corrected chi connectivity index (χ1v) is 7.61. The fourth-order valence-corrected chi connectivity index (χ4v) is 6.63. The molecule has 0 aliphatic heterocycles. The van der Waals surface area contributed by atoms with E-state index in [1.54, 1.807) is 32.1 Å². The predicted molar refractivity (Wildman–Crippen MR) is 67.0 cm³/mol. The number of hydrogen-bond donors (Lipinski definition) is 0. The molecule has 4 aliphatic rings. The van der Waals surface area contributed by atoms with Gasteiger partial charge in [-0.1, -0.05) is 20.8 Å². The Bertz CT molecular complexity index is 318. The predicted octanol–water partition coefficient (Wildman–Crippen LogP) is 4.35. The Morgan fingerprint density at radius 3 is 2.31 bits per heavy atom.